The SMILES string of the molecule is O=C(c1ccc(Cl)cc1)N1Cc2ccccc2C[C@H]1Cn1cncn1. The van der Waals surface area contributed by atoms with Gasteiger partial charge in [0.2, 0.25) is 0 Å². The summed E-state index contributed by atoms with van der Waals surface area (Å²) in [7, 11) is 0. The molecule has 126 valence electrons. The lowest BCUT2D eigenvalue weighted by Gasteiger charge is -2.37. The summed E-state index contributed by atoms with van der Waals surface area (Å²) in [6.45, 7) is 1.21. The molecule has 2 aromatic carbocycles. The van der Waals surface area contributed by atoms with E-state index in [-0.39, 0.29) is 11.9 Å². The van der Waals surface area contributed by atoms with Gasteiger partial charge in [-0.15, -0.1) is 0 Å². The van der Waals surface area contributed by atoms with Crippen LogP contribution in [-0.4, -0.2) is 31.6 Å². The number of hydrogen-bond acceptors (Lipinski definition) is 3. The second-order valence-corrected chi connectivity index (χ2v) is 6.62. The Morgan fingerprint density at radius 1 is 1.12 bits per heavy atom. The molecule has 0 N–H and O–H groups in total. The number of benzene rings is 2. The van der Waals surface area contributed by atoms with Gasteiger partial charge in [-0.3, -0.25) is 9.48 Å². The second kappa shape index (κ2) is 6.69. The molecule has 0 saturated heterocycles. The fourth-order valence-corrected chi connectivity index (χ4v) is 3.42. The van der Waals surface area contributed by atoms with Crippen molar-refractivity contribution in [2.24, 2.45) is 0 Å². The van der Waals surface area contributed by atoms with E-state index < -0.39 is 0 Å². The summed E-state index contributed by atoms with van der Waals surface area (Å²) in [5.74, 6) is 0.0104. The minimum absolute atomic E-state index is 0.0104. The predicted molar refractivity (Wildman–Crippen MR) is 95.3 cm³/mol. The molecular weight excluding hydrogens is 336 g/mol. The van der Waals surface area contributed by atoms with E-state index in [4.69, 9.17) is 11.6 Å². The Kier molecular flexibility index (Phi) is 4.24. The third-order valence-electron chi connectivity index (χ3n) is 4.57. The molecule has 1 atom stereocenters. The van der Waals surface area contributed by atoms with Gasteiger partial charge in [0.1, 0.15) is 12.7 Å². The Bertz CT molecular complexity index is 877. The van der Waals surface area contributed by atoms with Crippen LogP contribution in [0.4, 0.5) is 0 Å². The summed E-state index contributed by atoms with van der Waals surface area (Å²) >= 11 is 5.95. The minimum atomic E-state index is 0.0104. The molecule has 0 aliphatic carbocycles. The molecule has 6 heteroatoms. The quantitative estimate of drug-likeness (QED) is 0.727. The number of hydrogen-bond donors (Lipinski definition) is 0. The van der Waals surface area contributed by atoms with Crippen molar-refractivity contribution in [3.8, 4) is 0 Å². The zero-order valence-electron chi connectivity index (χ0n) is 13.5. The van der Waals surface area contributed by atoms with E-state index in [2.05, 4.69) is 22.2 Å². The number of amides is 1. The fourth-order valence-electron chi connectivity index (χ4n) is 3.29. The van der Waals surface area contributed by atoms with E-state index in [0.717, 1.165) is 6.42 Å². The molecule has 0 spiro atoms. The zero-order chi connectivity index (χ0) is 17.2. The van der Waals surface area contributed by atoms with Crippen molar-refractivity contribution >= 4 is 17.5 Å². The number of carbonyl (C=O) groups excluding carboxylic acids is 1. The van der Waals surface area contributed by atoms with Crippen molar-refractivity contribution < 1.29 is 4.79 Å². The summed E-state index contributed by atoms with van der Waals surface area (Å²) in [5.41, 5.74) is 3.12. The average Bonchev–Trinajstić information content (AvgIpc) is 3.14. The number of aromatic nitrogens is 3. The number of halogens is 1. The molecule has 1 aliphatic rings. The first kappa shape index (κ1) is 15.8. The molecule has 0 saturated carbocycles. The summed E-state index contributed by atoms with van der Waals surface area (Å²) in [5, 5.41) is 4.82. The second-order valence-electron chi connectivity index (χ2n) is 6.18. The van der Waals surface area contributed by atoms with Crippen LogP contribution in [0.1, 0.15) is 21.5 Å². The molecule has 2 heterocycles. The van der Waals surface area contributed by atoms with Crippen LogP contribution in [-0.2, 0) is 19.5 Å². The molecular formula is C19H17ClN4O. The minimum Gasteiger partial charge on any atom is -0.329 e. The molecule has 3 aromatic rings. The van der Waals surface area contributed by atoms with Crippen LogP contribution < -0.4 is 0 Å². The molecule has 0 unspecified atom stereocenters. The van der Waals surface area contributed by atoms with Crippen molar-refractivity contribution in [1.82, 2.24) is 19.7 Å². The monoisotopic (exact) mass is 352 g/mol. The van der Waals surface area contributed by atoms with Crippen LogP contribution >= 0.6 is 11.6 Å². The van der Waals surface area contributed by atoms with Gasteiger partial charge in [-0.05, 0) is 41.8 Å². The van der Waals surface area contributed by atoms with E-state index in [1.165, 1.54) is 17.5 Å². The smallest absolute Gasteiger partial charge is 0.254 e. The lowest BCUT2D eigenvalue weighted by Crippen LogP contribution is -2.46. The molecule has 1 aromatic heterocycles. The van der Waals surface area contributed by atoms with Gasteiger partial charge in [0, 0.05) is 17.1 Å². The first-order chi connectivity index (χ1) is 12.2. The van der Waals surface area contributed by atoms with E-state index in [9.17, 15) is 4.79 Å². The van der Waals surface area contributed by atoms with Crippen LogP contribution in [0, 0.1) is 0 Å². The molecule has 25 heavy (non-hydrogen) atoms. The molecule has 1 amide bonds. The summed E-state index contributed by atoms with van der Waals surface area (Å²) in [4.78, 5) is 19.0. The Balaban J connectivity index is 1.66. The van der Waals surface area contributed by atoms with Crippen LogP contribution in [0.2, 0.25) is 5.02 Å². The van der Waals surface area contributed by atoms with Crippen LogP contribution in [0.3, 0.4) is 0 Å². The Morgan fingerprint density at radius 3 is 2.60 bits per heavy atom. The average molecular weight is 353 g/mol. The van der Waals surface area contributed by atoms with Crippen molar-refractivity contribution in [3.63, 3.8) is 0 Å². The number of rotatable bonds is 3. The van der Waals surface area contributed by atoms with Crippen LogP contribution in [0.15, 0.2) is 61.2 Å². The van der Waals surface area contributed by atoms with Gasteiger partial charge in [-0.1, -0.05) is 35.9 Å². The van der Waals surface area contributed by atoms with Crippen LogP contribution in [0.5, 0.6) is 0 Å². The topological polar surface area (TPSA) is 51.0 Å². The van der Waals surface area contributed by atoms with Crippen molar-refractivity contribution in [3.05, 3.63) is 82.9 Å². The highest BCUT2D eigenvalue weighted by atomic mass is 35.5. The highest BCUT2D eigenvalue weighted by Gasteiger charge is 2.30. The van der Waals surface area contributed by atoms with Gasteiger partial charge in [0.05, 0.1) is 12.6 Å². The Labute approximate surface area is 150 Å². The molecule has 4 rings (SSSR count). The van der Waals surface area contributed by atoms with Gasteiger partial charge in [-0.2, -0.15) is 5.10 Å². The van der Waals surface area contributed by atoms with Gasteiger partial charge in [0.15, 0.2) is 0 Å². The van der Waals surface area contributed by atoms with E-state index >= 15 is 0 Å². The van der Waals surface area contributed by atoms with Gasteiger partial charge >= 0.3 is 0 Å². The zero-order valence-corrected chi connectivity index (χ0v) is 14.3. The van der Waals surface area contributed by atoms with E-state index in [1.807, 2.05) is 17.0 Å². The molecule has 0 radical (unpaired) electrons. The predicted octanol–water partition coefficient (Wildman–Crippen LogP) is 3.20. The molecule has 5 nitrogen and oxygen atoms in total. The molecule has 0 bridgehead atoms. The largest absolute Gasteiger partial charge is 0.329 e. The number of carbonyl (C=O) groups is 1. The highest BCUT2D eigenvalue weighted by Crippen LogP contribution is 2.26. The summed E-state index contributed by atoms with van der Waals surface area (Å²) < 4.78 is 1.78. The van der Waals surface area contributed by atoms with E-state index in [1.54, 1.807) is 35.3 Å². The van der Waals surface area contributed by atoms with Crippen molar-refractivity contribution in [1.29, 1.82) is 0 Å². The maximum Gasteiger partial charge on any atom is 0.254 e. The maximum absolute atomic E-state index is 13.1. The summed E-state index contributed by atoms with van der Waals surface area (Å²) in [6, 6.07) is 15.4. The van der Waals surface area contributed by atoms with Crippen molar-refractivity contribution in [2.45, 2.75) is 25.6 Å². The first-order valence-electron chi connectivity index (χ1n) is 8.16. The van der Waals surface area contributed by atoms with Gasteiger partial charge in [-0.25, -0.2) is 4.98 Å². The Morgan fingerprint density at radius 2 is 1.88 bits per heavy atom. The standard InChI is InChI=1S/C19H17ClN4O/c20-17-7-5-14(6-8-17)19(25)24-10-16-4-2-1-3-15(16)9-18(24)11-23-13-21-12-22-23/h1-8,12-13,18H,9-11H2/t18-/m0/s1. The lowest BCUT2D eigenvalue weighted by atomic mass is 9.93. The first-order valence-corrected chi connectivity index (χ1v) is 8.54. The van der Waals surface area contributed by atoms with Crippen molar-refractivity contribution in [2.75, 3.05) is 0 Å². The molecule has 0 fully saturated rings. The van der Waals surface area contributed by atoms with Crippen LogP contribution in [0.25, 0.3) is 0 Å². The lowest BCUT2D eigenvalue weighted by molar-refractivity contribution is 0.0614. The third-order valence-corrected chi connectivity index (χ3v) is 4.82. The fraction of sp³-hybridized carbons (Fsp3) is 0.211. The molecule has 1 aliphatic heterocycles. The number of nitrogens with zero attached hydrogens (tertiary/aromatic N) is 4. The Hall–Kier alpha value is -2.66. The summed E-state index contributed by atoms with van der Waals surface area (Å²) in [6.07, 6.45) is 4.00. The van der Waals surface area contributed by atoms with E-state index in [0.29, 0.717) is 23.7 Å². The normalized spacial score (nSPS) is 16.5. The number of fused-ring (bicyclic) bond motifs is 1. The van der Waals surface area contributed by atoms with Gasteiger partial charge < -0.3 is 4.90 Å². The maximum atomic E-state index is 13.1. The highest BCUT2D eigenvalue weighted by molar-refractivity contribution is 6.30. The van der Waals surface area contributed by atoms with Gasteiger partial charge in [0.25, 0.3) is 5.91 Å². The third kappa shape index (κ3) is 3.28.